The van der Waals surface area contributed by atoms with Crippen molar-refractivity contribution in [3.05, 3.63) is 65.2 Å². The van der Waals surface area contributed by atoms with Gasteiger partial charge in [0.1, 0.15) is 18.5 Å². The predicted octanol–water partition coefficient (Wildman–Crippen LogP) is 3.73. The second-order valence-corrected chi connectivity index (χ2v) is 9.45. The molecular formula is C27H38N2O3. The maximum Gasteiger partial charge on any atom is 0.119 e. The average molecular weight is 439 g/mol. The van der Waals surface area contributed by atoms with Crippen LogP contribution < -0.4 is 4.74 Å². The van der Waals surface area contributed by atoms with Gasteiger partial charge >= 0.3 is 0 Å². The smallest absolute Gasteiger partial charge is 0.119 e. The van der Waals surface area contributed by atoms with Crippen molar-refractivity contribution < 1.29 is 14.6 Å². The topological polar surface area (TPSA) is 45.2 Å². The SMILES string of the molecule is CN(CCC1CCOCC1)Cc1cccc(OCC(O)CN2CCc3ccccc3C2)c1. The number of ether oxygens (including phenoxy) is 2. The van der Waals surface area contributed by atoms with E-state index in [9.17, 15) is 5.11 Å². The van der Waals surface area contributed by atoms with Crippen molar-refractivity contribution in [2.45, 2.75) is 44.9 Å². The van der Waals surface area contributed by atoms with Gasteiger partial charge in [0.25, 0.3) is 0 Å². The summed E-state index contributed by atoms with van der Waals surface area (Å²) >= 11 is 0. The van der Waals surface area contributed by atoms with Gasteiger partial charge < -0.3 is 19.5 Å². The molecule has 2 aromatic carbocycles. The summed E-state index contributed by atoms with van der Waals surface area (Å²) in [6, 6.07) is 16.9. The first kappa shape index (κ1) is 23.2. The van der Waals surface area contributed by atoms with Crippen molar-refractivity contribution in [1.29, 1.82) is 0 Å². The zero-order valence-corrected chi connectivity index (χ0v) is 19.4. The molecule has 0 aliphatic carbocycles. The second-order valence-electron chi connectivity index (χ2n) is 9.45. The maximum atomic E-state index is 10.5. The summed E-state index contributed by atoms with van der Waals surface area (Å²) in [5, 5.41) is 10.5. The Bertz CT molecular complexity index is 837. The molecule has 2 aromatic rings. The first-order valence-electron chi connectivity index (χ1n) is 12.1. The van der Waals surface area contributed by atoms with Crippen molar-refractivity contribution in [3.63, 3.8) is 0 Å². The Hall–Kier alpha value is -1.92. The average Bonchev–Trinajstić information content (AvgIpc) is 2.82. The van der Waals surface area contributed by atoms with Crippen LogP contribution in [-0.4, -0.2) is 67.5 Å². The van der Waals surface area contributed by atoms with Crippen LogP contribution in [0.2, 0.25) is 0 Å². The summed E-state index contributed by atoms with van der Waals surface area (Å²) in [5.41, 5.74) is 4.06. The molecular weight excluding hydrogens is 400 g/mol. The monoisotopic (exact) mass is 438 g/mol. The number of nitrogens with zero attached hydrogens (tertiary/aromatic N) is 2. The van der Waals surface area contributed by atoms with Crippen molar-refractivity contribution in [3.8, 4) is 5.75 Å². The summed E-state index contributed by atoms with van der Waals surface area (Å²) in [6.45, 7) is 6.72. The van der Waals surface area contributed by atoms with Gasteiger partial charge in [0.05, 0.1) is 0 Å². The number of aliphatic hydroxyl groups excluding tert-OH is 1. The Balaban J connectivity index is 1.19. The number of fused-ring (bicyclic) bond motifs is 1. The highest BCUT2D eigenvalue weighted by Crippen LogP contribution is 2.21. The first-order valence-corrected chi connectivity index (χ1v) is 12.1. The zero-order chi connectivity index (χ0) is 22.2. The van der Waals surface area contributed by atoms with Crippen molar-refractivity contribution in [2.24, 2.45) is 5.92 Å². The largest absolute Gasteiger partial charge is 0.491 e. The van der Waals surface area contributed by atoms with Gasteiger partial charge in [0, 0.05) is 39.4 Å². The lowest BCUT2D eigenvalue weighted by Gasteiger charge is -2.30. The van der Waals surface area contributed by atoms with Crippen LogP contribution in [0.1, 0.15) is 36.0 Å². The lowest BCUT2D eigenvalue weighted by atomic mass is 9.96. The van der Waals surface area contributed by atoms with Crippen LogP contribution in [0.3, 0.4) is 0 Å². The molecule has 32 heavy (non-hydrogen) atoms. The molecule has 174 valence electrons. The maximum absolute atomic E-state index is 10.5. The van der Waals surface area contributed by atoms with Crippen molar-refractivity contribution >= 4 is 0 Å². The highest BCUT2D eigenvalue weighted by Gasteiger charge is 2.19. The van der Waals surface area contributed by atoms with E-state index in [1.54, 1.807) is 0 Å². The van der Waals surface area contributed by atoms with Gasteiger partial charge in [-0.3, -0.25) is 4.90 Å². The van der Waals surface area contributed by atoms with E-state index in [2.05, 4.69) is 53.2 Å². The molecule has 0 saturated carbocycles. The highest BCUT2D eigenvalue weighted by atomic mass is 16.5. The van der Waals surface area contributed by atoms with E-state index in [0.717, 1.165) is 57.5 Å². The number of hydrogen-bond donors (Lipinski definition) is 1. The minimum absolute atomic E-state index is 0.321. The number of aliphatic hydroxyl groups is 1. The predicted molar refractivity (Wildman–Crippen MR) is 128 cm³/mol. The summed E-state index contributed by atoms with van der Waals surface area (Å²) in [6.07, 6.45) is 4.19. The Labute approximate surface area is 192 Å². The molecule has 2 heterocycles. The third-order valence-corrected chi connectivity index (χ3v) is 6.73. The van der Waals surface area contributed by atoms with Crippen LogP contribution in [-0.2, 0) is 24.2 Å². The van der Waals surface area contributed by atoms with E-state index < -0.39 is 6.10 Å². The molecule has 1 saturated heterocycles. The standard InChI is InChI=1S/C27H38N2O3/c1-28(13-9-22-11-15-31-16-12-22)18-23-5-4-8-27(17-23)32-21-26(30)20-29-14-10-24-6-2-3-7-25(24)19-29/h2-8,17,22,26,30H,9-16,18-21H2,1H3. The van der Waals surface area contributed by atoms with Crippen LogP contribution in [0.5, 0.6) is 5.75 Å². The third-order valence-electron chi connectivity index (χ3n) is 6.73. The van der Waals surface area contributed by atoms with E-state index in [-0.39, 0.29) is 0 Å². The fraction of sp³-hybridized carbons (Fsp3) is 0.556. The third kappa shape index (κ3) is 7.04. The Morgan fingerprint density at radius 2 is 1.94 bits per heavy atom. The molecule has 1 atom stereocenters. The lowest BCUT2D eigenvalue weighted by molar-refractivity contribution is 0.0608. The molecule has 0 spiro atoms. The van der Waals surface area contributed by atoms with Gasteiger partial charge in [-0.1, -0.05) is 36.4 Å². The Morgan fingerprint density at radius 3 is 2.78 bits per heavy atom. The van der Waals surface area contributed by atoms with Gasteiger partial charge in [0.2, 0.25) is 0 Å². The molecule has 0 amide bonds. The molecule has 1 fully saturated rings. The second kappa shape index (κ2) is 11.8. The summed E-state index contributed by atoms with van der Waals surface area (Å²) in [4.78, 5) is 4.71. The van der Waals surface area contributed by atoms with E-state index in [1.807, 2.05) is 12.1 Å². The summed E-state index contributed by atoms with van der Waals surface area (Å²) < 4.78 is 11.4. The molecule has 1 unspecified atom stereocenters. The minimum atomic E-state index is -0.494. The zero-order valence-electron chi connectivity index (χ0n) is 19.4. The van der Waals surface area contributed by atoms with Crippen molar-refractivity contribution in [1.82, 2.24) is 9.80 Å². The van der Waals surface area contributed by atoms with E-state index in [1.165, 1.54) is 36.0 Å². The lowest BCUT2D eigenvalue weighted by Crippen LogP contribution is -2.38. The molecule has 5 nitrogen and oxygen atoms in total. The molecule has 0 aromatic heterocycles. The minimum Gasteiger partial charge on any atom is -0.491 e. The molecule has 4 rings (SSSR count). The molecule has 1 N–H and O–H groups in total. The number of benzene rings is 2. The fourth-order valence-corrected chi connectivity index (χ4v) is 4.82. The summed E-state index contributed by atoms with van der Waals surface area (Å²) in [5.74, 6) is 1.64. The highest BCUT2D eigenvalue weighted by molar-refractivity contribution is 5.29. The molecule has 0 radical (unpaired) electrons. The molecule has 2 aliphatic heterocycles. The normalized spacial score (nSPS) is 18.5. The van der Waals surface area contributed by atoms with Gasteiger partial charge in [-0.2, -0.15) is 0 Å². The van der Waals surface area contributed by atoms with Crippen LogP contribution in [0.4, 0.5) is 0 Å². The molecule has 2 aliphatic rings. The number of hydrogen-bond acceptors (Lipinski definition) is 5. The van der Waals surface area contributed by atoms with Crippen LogP contribution in [0.25, 0.3) is 0 Å². The van der Waals surface area contributed by atoms with Gasteiger partial charge in [-0.05, 0) is 74.0 Å². The first-order chi connectivity index (χ1) is 15.7. The van der Waals surface area contributed by atoms with E-state index >= 15 is 0 Å². The van der Waals surface area contributed by atoms with Gasteiger partial charge in [0.15, 0.2) is 0 Å². The van der Waals surface area contributed by atoms with E-state index in [4.69, 9.17) is 9.47 Å². The fourth-order valence-electron chi connectivity index (χ4n) is 4.82. The van der Waals surface area contributed by atoms with Crippen molar-refractivity contribution in [2.75, 3.05) is 46.5 Å². The Kier molecular flexibility index (Phi) is 8.57. The molecule has 0 bridgehead atoms. The van der Waals surface area contributed by atoms with Gasteiger partial charge in [-0.15, -0.1) is 0 Å². The quantitative estimate of drug-likeness (QED) is 0.612. The van der Waals surface area contributed by atoms with Crippen LogP contribution in [0.15, 0.2) is 48.5 Å². The Morgan fingerprint density at radius 1 is 1.12 bits per heavy atom. The van der Waals surface area contributed by atoms with Crippen LogP contribution >= 0.6 is 0 Å². The van der Waals surface area contributed by atoms with Crippen LogP contribution in [0, 0.1) is 5.92 Å². The molecule has 5 heteroatoms. The summed E-state index contributed by atoms with van der Waals surface area (Å²) in [7, 11) is 2.19. The van der Waals surface area contributed by atoms with E-state index in [0.29, 0.717) is 13.2 Å². The number of rotatable bonds is 10. The number of β-amino-alcohol motifs (C(OH)–C–C–N with tert-alkyl or cyclic N) is 1. The van der Waals surface area contributed by atoms with Gasteiger partial charge in [-0.25, -0.2) is 0 Å².